The molecule has 2 aromatic heterocycles. The van der Waals surface area contributed by atoms with E-state index in [0.717, 1.165) is 0 Å². The minimum atomic E-state index is -0.358. The number of nitrogens with zero attached hydrogens (tertiary/aromatic N) is 4. The van der Waals surface area contributed by atoms with Crippen molar-refractivity contribution >= 4 is 11.2 Å². The van der Waals surface area contributed by atoms with Crippen molar-refractivity contribution in [3.05, 3.63) is 46.8 Å². The predicted molar refractivity (Wildman–Crippen MR) is 57.2 cm³/mol. The summed E-state index contributed by atoms with van der Waals surface area (Å²) in [6.45, 7) is 0. The van der Waals surface area contributed by atoms with E-state index in [0.29, 0.717) is 11.3 Å². The van der Waals surface area contributed by atoms with Crippen LogP contribution in [0, 0.1) is 5.82 Å². The van der Waals surface area contributed by atoms with Gasteiger partial charge in [-0.2, -0.15) is 4.68 Å². The van der Waals surface area contributed by atoms with Gasteiger partial charge < -0.3 is 4.98 Å². The quantitative estimate of drug-likeness (QED) is 0.666. The van der Waals surface area contributed by atoms with Gasteiger partial charge in [-0.05, 0) is 24.3 Å². The molecular formula is C10H6FN5O. The van der Waals surface area contributed by atoms with E-state index in [9.17, 15) is 9.18 Å². The first-order valence-electron chi connectivity index (χ1n) is 4.81. The van der Waals surface area contributed by atoms with Gasteiger partial charge in [0.15, 0.2) is 11.2 Å². The Morgan fingerprint density at radius 2 is 2.00 bits per heavy atom. The predicted octanol–water partition coefficient (Wildman–Crippen LogP) is 0.643. The summed E-state index contributed by atoms with van der Waals surface area (Å²) in [6.07, 6.45) is 1.27. The van der Waals surface area contributed by atoms with E-state index in [4.69, 9.17) is 0 Å². The lowest BCUT2D eigenvalue weighted by atomic mass is 10.3. The minimum Gasteiger partial charge on any atom is -0.311 e. The van der Waals surface area contributed by atoms with Gasteiger partial charge in [0, 0.05) is 0 Å². The molecule has 0 fully saturated rings. The van der Waals surface area contributed by atoms with Crippen LogP contribution in [0.25, 0.3) is 16.9 Å². The fourth-order valence-electron chi connectivity index (χ4n) is 1.52. The van der Waals surface area contributed by atoms with Crippen molar-refractivity contribution in [1.82, 2.24) is 25.0 Å². The van der Waals surface area contributed by atoms with Gasteiger partial charge in [-0.3, -0.25) is 4.79 Å². The molecule has 2 heterocycles. The number of rotatable bonds is 1. The third-order valence-corrected chi connectivity index (χ3v) is 2.32. The van der Waals surface area contributed by atoms with Gasteiger partial charge in [0.25, 0.3) is 5.56 Å². The highest BCUT2D eigenvalue weighted by atomic mass is 19.1. The van der Waals surface area contributed by atoms with Crippen molar-refractivity contribution < 1.29 is 4.39 Å². The molecule has 1 N–H and O–H groups in total. The Hall–Kier alpha value is -2.57. The molecule has 84 valence electrons. The molecule has 6 nitrogen and oxygen atoms in total. The maximum atomic E-state index is 12.8. The van der Waals surface area contributed by atoms with Crippen LogP contribution < -0.4 is 5.56 Å². The van der Waals surface area contributed by atoms with Crippen LogP contribution in [0.3, 0.4) is 0 Å². The second kappa shape index (κ2) is 3.48. The van der Waals surface area contributed by atoms with E-state index in [1.54, 1.807) is 0 Å². The van der Waals surface area contributed by atoms with Crippen LogP contribution >= 0.6 is 0 Å². The Morgan fingerprint density at radius 1 is 1.24 bits per heavy atom. The number of nitrogens with one attached hydrogen (secondary N) is 1. The number of H-pyrrole nitrogens is 1. The maximum Gasteiger partial charge on any atom is 0.280 e. The summed E-state index contributed by atoms with van der Waals surface area (Å²) in [5, 5.41) is 7.55. The number of hydrogen-bond acceptors (Lipinski definition) is 4. The zero-order valence-corrected chi connectivity index (χ0v) is 8.46. The summed E-state index contributed by atoms with van der Waals surface area (Å²) in [7, 11) is 0. The van der Waals surface area contributed by atoms with Crippen molar-refractivity contribution in [2.45, 2.75) is 0 Å². The Bertz CT molecular complexity index is 730. The normalized spacial score (nSPS) is 10.9. The Balaban J connectivity index is 2.28. The van der Waals surface area contributed by atoms with E-state index >= 15 is 0 Å². The number of halogens is 1. The fourth-order valence-corrected chi connectivity index (χ4v) is 1.52. The maximum absolute atomic E-state index is 12.8. The molecule has 0 atom stereocenters. The molecule has 0 aliphatic heterocycles. The van der Waals surface area contributed by atoms with Crippen molar-refractivity contribution in [1.29, 1.82) is 0 Å². The first kappa shape index (κ1) is 9.64. The van der Waals surface area contributed by atoms with Gasteiger partial charge in [-0.1, -0.05) is 5.21 Å². The van der Waals surface area contributed by atoms with Crippen molar-refractivity contribution in [3.8, 4) is 5.69 Å². The summed E-state index contributed by atoms with van der Waals surface area (Å²) in [5.74, 6) is -0.344. The molecule has 0 amide bonds. The molecule has 0 aliphatic carbocycles. The summed E-state index contributed by atoms with van der Waals surface area (Å²) in [5.41, 5.74) is 0.715. The molecule has 7 heteroatoms. The Morgan fingerprint density at radius 3 is 2.76 bits per heavy atom. The standard InChI is InChI=1S/C10H6FN5O/c11-6-1-3-7(4-2-6)16-9-8(14-15-16)10(17)13-5-12-9/h1-5H,(H,12,13,17). The highest BCUT2D eigenvalue weighted by Crippen LogP contribution is 2.11. The van der Waals surface area contributed by atoms with Crippen molar-refractivity contribution in [2.75, 3.05) is 0 Å². The molecule has 3 aromatic rings. The molecule has 0 bridgehead atoms. The van der Waals surface area contributed by atoms with E-state index < -0.39 is 0 Å². The first-order chi connectivity index (χ1) is 8.25. The zero-order chi connectivity index (χ0) is 11.8. The second-order valence-corrected chi connectivity index (χ2v) is 3.38. The van der Waals surface area contributed by atoms with Gasteiger partial charge in [0.1, 0.15) is 5.82 Å². The molecule has 17 heavy (non-hydrogen) atoms. The van der Waals surface area contributed by atoms with Crippen LogP contribution in [-0.2, 0) is 0 Å². The van der Waals surface area contributed by atoms with Crippen molar-refractivity contribution in [2.24, 2.45) is 0 Å². The van der Waals surface area contributed by atoms with E-state index in [2.05, 4.69) is 20.3 Å². The second-order valence-electron chi connectivity index (χ2n) is 3.38. The minimum absolute atomic E-state index is 0.150. The van der Waals surface area contributed by atoms with Crippen LogP contribution in [0.2, 0.25) is 0 Å². The zero-order valence-electron chi connectivity index (χ0n) is 8.46. The highest BCUT2D eigenvalue weighted by molar-refractivity contribution is 5.69. The van der Waals surface area contributed by atoms with Crippen molar-refractivity contribution in [3.63, 3.8) is 0 Å². The molecule has 1 aromatic carbocycles. The van der Waals surface area contributed by atoms with Crippen LogP contribution in [-0.4, -0.2) is 25.0 Å². The van der Waals surface area contributed by atoms with Crippen LogP contribution in [0.1, 0.15) is 0 Å². The Labute approximate surface area is 93.7 Å². The number of aromatic nitrogens is 5. The third kappa shape index (κ3) is 1.48. The lowest BCUT2D eigenvalue weighted by Crippen LogP contribution is -2.07. The largest absolute Gasteiger partial charge is 0.311 e. The molecular weight excluding hydrogens is 225 g/mol. The van der Waals surface area contributed by atoms with E-state index in [1.165, 1.54) is 35.3 Å². The molecule has 0 radical (unpaired) electrons. The molecule has 0 spiro atoms. The number of aromatic amines is 1. The van der Waals surface area contributed by atoms with Crippen LogP contribution in [0.15, 0.2) is 35.4 Å². The third-order valence-electron chi connectivity index (χ3n) is 2.32. The molecule has 3 rings (SSSR count). The molecule has 0 saturated carbocycles. The average Bonchev–Trinajstić information content (AvgIpc) is 2.75. The number of benzene rings is 1. The summed E-state index contributed by atoms with van der Waals surface area (Å²) >= 11 is 0. The van der Waals surface area contributed by atoms with E-state index in [1.807, 2.05) is 0 Å². The number of fused-ring (bicyclic) bond motifs is 1. The average molecular weight is 231 g/mol. The summed E-state index contributed by atoms with van der Waals surface area (Å²) in [4.78, 5) is 17.8. The van der Waals surface area contributed by atoms with Gasteiger partial charge in [-0.25, -0.2) is 9.37 Å². The monoisotopic (exact) mass is 231 g/mol. The van der Waals surface area contributed by atoms with Gasteiger partial charge in [0.2, 0.25) is 0 Å². The van der Waals surface area contributed by atoms with Gasteiger partial charge in [-0.15, -0.1) is 5.10 Å². The molecule has 0 unspecified atom stereocenters. The Kier molecular flexibility index (Phi) is 1.97. The molecule has 0 aliphatic rings. The van der Waals surface area contributed by atoms with E-state index in [-0.39, 0.29) is 16.9 Å². The SMILES string of the molecule is O=c1[nH]cnc2c1nnn2-c1ccc(F)cc1. The summed E-state index contributed by atoms with van der Waals surface area (Å²) in [6, 6.07) is 5.67. The lowest BCUT2D eigenvalue weighted by Gasteiger charge is -1.99. The first-order valence-corrected chi connectivity index (χ1v) is 4.81. The molecule has 0 saturated heterocycles. The van der Waals surface area contributed by atoms with Crippen LogP contribution in [0.4, 0.5) is 4.39 Å². The smallest absolute Gasteiger partial charge is 0.280 e. The summed E-state index contributed by atoms with van der Waals surface area (Å²) < 4.78 is 14.2. The van der Waals surface area contributed by atoms with Gasteiger partial charge >= 0.3 is 0 Å². The van der Waals surface area contributed by atoms with Gasteiger partial charge in [0.05, 0.1) is 12.0 Å². The lowest BCUT2D eigenvalue weighted by molar-refractivity contribution is 0.627. The van der Waals surface area contributed by atoms with Crippen LogP contribution in [0.5, 0.6) is 0 Å². The topological polar surface area (TPSA) is 76.5 Å². The fraction of sp³-hybridized carbons (Fsp3) is 0. The number of hydrogen-bond donors (Lipinski definition) is 1. The highest BCUT2D eigenvalue weighted by Gasteiger charge is 2.10.